The Kier molecular flexibility index (Phi) is 6.91. The lowest BCUT2D eigenvalue weighted by atomic mass is 9.88. The Hall–Kier alpha value is -6.65. The van der Waals surface area contributed by atoms with Crippen LogP contribution < -0.4 is 0 Å². The molecule has 1 unspecified atom stereocenters. The summed E-state index contributed by atoms with van der Waals surface area (Å²) in [5, 5.41) is 5.62. The molecule has 2 heterocycles. The third-order valence-electron chi connectivity index (χ3n) is 10.1. The minimum absolute atomic E-state index is 0.275. The number of furan rings is 1. The number of rotatable bonds is 5. The molecule has 0 saturated carbocycles. The zero-order valence-electron chi connectivity index (χ0n) is 27.7. The van der Waals surface area contributed by atoms with E-state index in [4.69, 9.17) is 19.4 Å². The van der Waals surface area contributed by atoms with Crippen molar-refractivity contribution in [3.05, 3.63) is 181 Å². The van der Waals surface area contributed by atoms with E-state index in [9.17, 15) is 0 Å². The van der Waals surface area contributed by atoms with Crippen LogP contribution in [-0.4, -0.2) is 15.0 Å². The summed E-state index contributed by atoms with van der Waals surface area (Å²) in [7, 11) is 0. The molecule has 0 N–H and O–H groups in total. The number of nitrogens with zero attached hydrogens (tertiary/aromatic N) is 3. The standard InChI is InChI=1S/C47H31N3O/c1-3-12-30(13-4-1)35-26-27-39-41-29-42(38-19-9-10-20-40(38)44(41)51-43(39)28-35)47-49-45(33-15-5-2-6-16-33)48-46(50-47)34-24-22-32(23-25-34)37-21-11-17-31-14-7-8-18-36(31)37/h1-27,29,35H,28H2. The van der Waals surface area contributed by atoms with Crippen LogP contribution in [0.15, 0.2) is 168 Å². The second-order valence-electron chi connectivity index (χ2n) is 13.1. The Morgan fingerprint density at radius 1 is 0.471 bits per heavy atom. The van der Waals surface area contributed by atoms with Crippen LogP contribution >= 0.6 is 0 Å². The van der Waals surface area contributed by atoms with Crippen LogP contribution in [0.25, 0.3) is 83.9 Å². The molecule has 0 amide bonds. The molecule has 0 bridgehead atoms. The lowest BCUT2D eigenvalue weighted by molar-refractivity contribution is 0.535. The summed E-state index contributed by atoms with van der Waals surface area (Å²) in [6, 6.07) is 54.9. The molecule has 0 fully saturated rings. The highest BCUT2D eigenvalue weighted by Crippen LogP contribution is 2.42. The SMILES string of the molecule is C1=CC(c2ccccc2)Cc2oc3c(cc(-c4nc(-c5ccccc5)nc(-c5ccc(-c6cccc7ccccc67)cc5)n4)c4ccccc43)c21. The number of fused-ring (bicyclic) bond motifs is 6. The van der Waals surface area contributed by atoms with Gasteiger partial charge in [-0.05, 0) is 38.9 Å². The molecule has 7 aromatic carbocycles. The van der Waals surface area contributed by atoms with Crippen LogP contribution in [-0.2, 0) is 6.42 Å². The summed E-state index contributed by atoms with van der Waals surface area (Å²) in [5.41, 5.74) is 8.50. The van der Waals surface area contributed by atoms with Gasteiger partial charge in [0, 0.05) is 45.4 Å². The van der Waals surface area contributed by atoms with Gasteiger partial charge in [-0.1, -0.05) is 164 Å². The molecular weight excluding hydrogens is 623 g/mol. The van der Waals surface area contributed by atoms with Crippen molar-refractivity contribution in [1.29, 1.82) is 0 Å². The fourth-order valence-electron chi connectivity index (χ4n) is 7.53. The van der Waals surface area contributed by atoms with Gasteiger partial charge in [0.1, 0.15) is 11.3 Å². The van der Waals surface area contributed by atoms with Crippen LogP contribution in [0.5, 0.6) is 0 Å². The molecule has 240 valence electrons. The van der Waals surface area contributed by atoms with Crippen molar-refractivity contribution in [2.45, 2.75) is 12.3 Å². The minimum Gasteiger partial charge on any atom is -0.460 e. The summed E-state index contributed by atoms with van der Waals surface area (Å²) < 4.78 is 6.70. The minimum atomic E-state index is 0.275. The van der Waals surface area contributed by atoms with Gasteiger partial charge in [-0.2, -0.15) is 0 Å². The van der Waals surface area contributed by atoms with E-state index in [2.05, 4.69) is 140 Å². The number of hydrogen-bond donors (Lipinski definition) is 0. The van der Waals surface area contributed by atoms with Crippen molar-refractivity contribution in [2.24, 2.45) is 0 Å². The van der Waals surface area contributed by atoms with Gasteiger partial charge in [0.15, 0.2) is 17.5 Å². The Labute approximate surface area is 295 Å². The lowest BCUT2D eigenvalue weighted by Crippen LogP contribution is -2.03. The molecule has 2 aromatic heterocycles. The molecule has 1 aliphatic carbocycles. The molecule has 0 saturated heterocycles. The number of allylic oxidation sites excluding steroid dienone is 1. The maximum atomic E-state index is 6.70. The largest absolute Gasteiger partial charge is 0.460 e. The van der Waals surface area contributed by atoms with Gasteiger partial charge in [0.25, 0.3) is 0 Å². The smallest absolute Gasteiger partial charge is 0.164 e. The van der Waals surface area contributed by atoms with Crippen molar-refractivity contribution < 1.29 is 4.42 Å². The average Bonchev–Trinajstić information content (AvgIpc) is 3.59. The van der Waals surface area contributed by atoms with E-state index in [1.165, 1.54) is 21.9 Å². The van der Waals surface area contributed by atoms with Gasteiger partial charge in [-0.3, -0.25) is 0 Å². The number of benzene rings is 7. The number of aromatic nitrogens is 3. The van der Waals surface area contributed by atoms with E-state index < -0.39 is 0 Å². The fraction of sp³-hybridized carbons (Fsp3) is 0.0426. The first-order valence-corrected chi connectivity index (χ1v) is 17.4. The molecule has 9 aromatic rings. The highest BCUT2D eigenvalue weighted by Gasteiger charge is 2.24. The van der Waals surface area contributed by atoms with Gasteiger partial charge in [0.2, 0.25) is 0 Å². The second kappa shape index (κ2) is 12.0. The van der Waals surface area contributed by atoms with Crippen molar-refractivity contribution in [3.63, 3.8) is 0 Å². The first-order valence-electron chi connectivity index (χ1n) is 17.4. The monoisotopic (exact) mass is 653 g/mol. The van der Waals surface area contributed by atoms with Crippen molar-refractivity contribution >= 4 is 38.6 Å². The van der Waals surface area contributed by atoms with E-state index in [-0.39, 0.29) is 5.92 Å². The fourth-order valence-corrected chi connectivity index (χ4v) is 7.53. The first-order chi connectivity index (χ1) is 25.3. The highest BCUT2D eigenvalue weighted by molar-refractivity contribution is 6.13. The third-order valence-corrected chi connectivity index (χ3v) is 10.1. The predicted octanol–water partition coefficient (Wildman–Crippen LogP) is 11.9. The summed E-state index contributed by atoms with van der Waals surface area (Å²) in [4.78, 5) is 15.4. The Bertz CT molecular complexity index is 2760. The van der Waals surface area contributed by atoms with Crippen LogP contribution in [0.3, 0.4) is 0 Å². The quantitative estimate of drug-likeness (QED) is 0.185. The van der Waals surface area contributed by atoms with Gasteiger partial charge in [-0.15, -0.1) is 0 Å². The van der Waals surface area contributed by atoms with Crippen LogP contribution in [0.1, 0.15) is 22.8 Å². The van der Waals surface area contributed by atoms with Crippen LogP contribution in [0.4, 0.5) is 0 Å². The van der Waals surface area contributed by atoms with Gasteiger partial charge in [0.05, 0.1) is 0 Å². The molecule has 0 aliphatic heterocycles. The van der Waals surface area contributed by atoms with Crippen LogP contribution in [0, 0.1) is 0 Å². The molecule has 4 heteroatoms. The first kappa shape index (κ1) is 29.3. The summed E-state index contributed by atoms with van der Waals surface area (Å²) in [6.07, 6.45) is 5.35. The molecule has 1 aliphatic rings. The normalized spacial score (nSPS) is 13.9. The van der Waals surface area contributed by atoms with E-state index in [1.54, 1.807) is 0 Å². The maximum Gasteiger partial charge on any atom is 0.164 e. The van der Waals surface area contributed by atoms with Crippen molar-refractivity contribution in [2.75, 3.05) is 0 Å². The molecule has 0 spiro atoms. The summed E-state index contributed by atoms with van der Waals surface area (Å²) in [6.45, 7) is 0. The zero-order valence-corrected chi connectivity index (χ0v) is 27.7. The number of hydrogen-bond acceptors (Lipinski definition) is 4. The zero-order chi connectivity index (χ0) is 33.7. The van der Waals surface area contributed by atoms with Crippen LogP contribution in [0.2, 0.25) is 0 Å². The molecule has 51 heavy (non-hydrogen) atoms. The van der Waals surface area contributed by atoms with Gasteiger partial charge >= 0.3 is 0 Å². The van der Waals surface area contributed by atoms with Gasteiger partial charge in [-0.25, -0.2) is 15.0 Å². The van der Waals surface area contributed by atoms with Crippen molar-refractivity contribution in [1.82, 2.24) is 15.0 Å². The lowest BCUT2D eigenvalue weighted by Gasteiger charge is -2.16. The van der Waals surface area contributed by atoms with Gasteiger partial charge < -0.3 is 4.42 Å². The van der Waals surface area contributed by atoms with Crippen molar-refractivity contribution in [3.8, 4) is 45.3 Å². The second-order valence-corrected chi connectivity index (χ2v) is 13.1. The topological polar surface area (TPSA) is 51.8 Å². The van der Waals surface area contributed by atoms with E-state index >= 15 is 0 Å². The Morgan fingerprint density at radius 3 is 1.86 bits per heavy atom. The van der Waals surface area contributed by atoms with E-state index in [0.717, 1.165) is 61.7 Å². The molecule has 4 nitrogen and oxygen atoms in total. The van der Waals surface area contributed by atoms with E-state index in [1.807, 2.05) is 30.3 Å². The molecule has 0 radical (unpaired) electrons. The third kappa shape index (κ3) is 5.12. The summed E-state index contributed by atoms with van der Waals surface area (Å²) >= 11 is 0. The van der Waals surface area contributed by atoms with E-state index in [0.29, 0.717) is 17.5 Å². The predicted molar refractivity (Wildman–Crippen MR) is 208 cm³/mol. The Morgan fingerprint density at radius 2 is 1.08 bits per heavy atom. The molecule has 10 rings (SSSR count). The molecule has 1 atom stereocenters. The summed E-state index contributed by atoms with van der Waals surface area (Å²) in [5.74, 6) is 3.19. The maximum absolute atomic E-state index is 6.70. The Balaban J connectivity index is 1.13. The highest BCUT2D eigenvalue weighted by atomic mass is 16.3. The molecular formula is C47H31N3O. The average molecular weight is 654 g/mol.